The van der Waals surface area contributed by atoms with E-state index in [1.165, 1.54) is 0 Å². The molecule has 1 atom stereocenters. The number of rotatable bonds is 7. The molecule has 0 saturated carbocycles. The predicted molar refractivity (Wildman–Crippen MR) is 82.1 cm³/mol. The molecule has 0 saturated heterocycles. The van der Waals surface area contributed by atoms with Gasteiger partial charge >= 0.3 is 0 Å². The van der Waals surface area contributed by atoms with E-state index in [9.17, 15) is 5.21 Å². The van der Waals surface area contributed by atoms with E-state index >= 15 is 0 Å². The lowest BCUT2D eigenvalue weighted by Gasteiger charge is -2.39. The molecule has 1 unspecified atom stereocenters. The highest BCUT2D eigenvalue weighted by molar-refractivity contribution is 14.1. The number of hydrogen-bond acceptors (Lipinski definition) is 3. The first-order chi connectivity index (χ1) is 8.51. The number of nitrogens with zero attached hydrogens (tertiary/aromatic N) is 1. The zero-order valence-electron chi connectivity index (χ0n) is 11.4. The average molecular weight is 366 g/mol. The molecular weight excluding hydrogens is 343 g/mol. The van der Waals surface area contributed by atoms with E-state index in [4.69, 9.17) is 4.84 Å². The Bertz CT molecular complexity index is 329. The van der Waals surface area contributed by atoms with Crippen LogP contribution in [-0.2, 0) is 4.84 Å². The summed E-state index contributed by atoms with van der Waals surface area (Å²) >= 11 is 2.24. The zero-order valence-corrected chi connectivity index (χ0v) is 13.6. The van der Waals surface area contributed by atoms with E-state index in [1.54, 1.807) is 6.20 Å². The Labute approximate surface area is 123 Å². The standard InChI is InChI=1S/C13H23IN2O2/c1-4-5-6-18-16(17)10-12(8-14)15-9-13(16)7-11(2)3/h9-11,15H,4-8H2,1-3H3. The number of unbranched alkanes of at least 4 members (excludes halogenated alkanes) is 1. The van der Waals surface area contributed by atoms with Gasteiger partial charge < -0.3 is 10.5 Å². The molecule has 0 amide bonds. The third kappa shape index (κ3) is 4.53. The van der Waals surface area contributed by atoms with E-state index in [1.807, 2.05) is 6.20 Å². The molecular formula is C13H23IN2O2. The van der Waals surface area contributed by atoms with Crippen LogP contribution < -0.4 is 5.32 Å². The molecule has 0 aromatic rings. The predicted octanol–water partition coefficient (Wildman–Crippen LogP) is 3.80. The van der Waals surface area contributed by atoms with Crippen LogP contribution in [0.3, 0.4) is 0 Å². The van der Waals surface area contributed by atoms with Crippen LogP contribution in [-0.4, -0.2) is 15.8 Å². The van der Waals surface area contributed by atoms with Gasteiger partial charge in [-0.05, 0) is 12.3 Å². The molecule has 4 nitrogen and oxygen atoms in total. The zero-order chi connectivity index (χ0) is 13.6. The van der Waals surface area contributed by atoms with Gasteiger partial charge in [-0.15, -0.1) is 0 Å². The Morgan fingerprint density at radius 1 is 1.50 bits per heavy atom. The molecule has 18 heavy (non-hydrogen) atoms. The minimum absolute atomic E-state index is 0.439. The van der Waals surface area contributed by atoms with Gasteiger partial charge in [0.2, 0.25) is 0 Å². The summed E-state index contributed by atoms with van der Waals surface area (Å²) in [6.07, 6.45) is 6.14. The molecule has 1 aliphatic heterocycles. The summed E-state index contributed by atoms with van der Waals surface area (Å²) in [5.74, 6) is 0.439. The number of quaternary nitrogens is 1. The van der Waals surface area contributed by atoms with E-state index in [0.717, 1.165) is 35.1 Å². The monoisotopic (exact) mass is 366 g/mol. The maximum absolute atomic E-state index is 12.8. The lowest BCUT2D eigenvalue weighted by Crippen LogP contribution is -2.41. The molecule has 0 aromatic heterocycles. The summed E-state index contributed by atoms with van der Waals surface area (Å²) in [5, 5.41) is 15.9. The first kappa shape index (κ1) is 15.9. The third-order valence-electron chi connectivity index (χ3n) is 2.69. The van der Waals surface area contributed by atoms with Crippen LogP contribution in [0.15, 0.2) is 23.8 Å². The lowest BCUT2D eigenvalue weighted by molar-refractivity contribution is -0.999. The number of nitrogens with one attached hydrogen (secondary N) is 1. The Morgan fingerprint density at radius 3 is 2.78 bits per heavy atom. The molecule has 1 aliphatic rings. The van der Waals surface area contributed by atoms with Crippen LogP contribution in [0.4, 0.5) is 0 Å². The second kappa shape index (κ2) is 7.47. The van der Waals surface area contributed by atoms with Gasteiger partial charge in [-0.25, -0.2) is 0 Å². The van der Waals surface area contributed by atoms with Crippen molar-refractivity contribution in [3.05, 3.63) is 29.0 Å². The summed E-state index contributed by atoms with van der Waals surface area (Å²) < 4.78 is 0.780. The highest BCUT2D eigenvalue weighted by Gasteiger charge is 2.28. The molecule has 5 heteroatoms. The van der Waals surface area contributed by atoms with Crippen molar-refractivity contribution < 1.29 is 9.65 Å². The maximum atomic E-state index is 12.8. The Morgan fingerprint density at radius 2 is 2.22 bits per heavy atom. The van der Waals surface area contributed by atoms with Gasteiger partial charge in [0.15, 0.2) is 11.9 Å². The molecule has 1 rings (SSSR count). The van der Waals surface area contributed by atoms with E-state index < -0.39 is 4.81 Å². The van der Waals surface area contributed by atoms with Crippen molar-refractivity contribution in [3.63, 3.8) is 0 Å². The van der Waals surface area contributed by atoms with Gasteiger partial charge in [-0.1, -0.05) is 49.8 Å². The van der Waals surface area contributed by atoms with Crippen molar-refractivity contribution in [2.24, 2.45) is 5.92 Å². The quantitative estimate of drug-likeness (QED) is 0.245. The smallest absolute Gasteiger partial charge is 0.163 e. The van der Waals surface area contributed by atoms with Crippen LogP contribution in [0, 0.1) is 11.1 Å². The molecule has 0 bridgehead atoms. The highest BCUT2D eigenvalue weighted by atomic mass is 127. The first-order valence-electron chi connectivity index (χ1n) is 6.50. The fourth-order valence-corrected chi connectivity index (χ4v) is 2.15. The first-order valence-corrected chi connectivity index (χ1v) is 8.02. The van der Waals surface area contributed by atoms with E-state index in [-0.39, 0.29) is 0 Å². The molecule has 0 spiro atoms. The lowest BCUT2D eigenvalue weighted by atomic mass is 10.1. The summed E-state index contributed by atoms with van der Waals surface area (Å²) in [6.45, 7) is 6.80. The van der Waals surface area contributed by atoms with Crippen molar-refractivity contribution >= 4 is 22.6 Å². The van der Waals surface area contributed by atoms with Gasteiger partial charge in [-0.3, -0.25) is 0 Å². The fourth-order valence-electron chi connectivity index (χ4n) is 1.73. The maximum Gasteiger partial charge on any atom is 0.163 e. The van der Waals surface area contributed by atoms with Crippen LogP contribution >= 0.6 is 22.6 Å². The van der Waals surface area contributed by atoms with Gasteiger partial charge in [0.05, 0.1) is 11.9 Å². The highest BCUT2D eigenvalue weighted by Crippen LogP contribution is 2.28. The number of hydrogen-bond donors (Lipinski definition) is 1. The van der Waals surface area contributed by atoms with E-state index in [2.05, 4.69) is 48.7 Å². The number of allylic oxidation sites excluding steroid dienone is 2. The SMILES string of the molecule is CCCCO[N+]1([O-])C=C(CI)NC=C1CC(C)C. The second-order valence-electron chi connectivity index (χ2n) is 4.95. The summed E-state index contributed by atoms with van der Waals surface area (Å²) in [7, 11) is 0. The topological polar surface area (TPSA) is 44.3 Å². The Hall–Kier alpha value is -0.110. The van der Waals surface area contributed by atoms with Crippen molar-refractivity contribution in [1.82, 2.24) is 5.32 Å². The van der Waals surface area contributed by atoms with Crippen molar-refractivity contribution in [3.8, 4) is 0 Å². The van der Waals surface area contributed by atoms with Gasteiger partial charge in [0.1, 0.15) is 6.61 Å². The summed E-state index contributed by atoms with van der Waals surface area (Å²) in [6, 6.07) is 0. The van der Waals surface area contributed by atoms with Crippen LogP contribution in [0.5, 0.6) is 0 Å². The van der Waals surface area contributed by atoms with Crippen molar-refractivity contribution in [2.45, 2.75) is 40.0 Å². The normalized spacial score (nSPS) is 23.7. The fraction of sp³-hybridized carbons (Fsp3) is 0.692. The van der Waals surface area contributed by atoms with Gasteiger partial charge in [0, 0.05) is 10.8 Å². The Balaban J connectivity index is 2.78. The van der Waals surface area contributed by atoms with Gasteiger partial charge in [0.25, 0.3) is 0 Å². The van der Waals surface area contributed by atoms with Crippen molar-refractivity contribution in [2.75, 3.05) is 11.0 Å². The molecule has 1 heterocycles. The Kier molecular flexibility index (Phi) is 6.62. The van der Waals surface area contributed by atoms with Crippen molar-refractivity contribution in [1.29, 1.82) is 0 Å². The number of hydroxylamine groups is 4. The minimum atomic E-state index is -0.747. The molecule has 0 aliphatic carbocycles. The summed E-state index contributed by atoms with van der Waals surface area (Å²) in [5.41, 5.74) is 1.66. The molecule has 0 aromatic carbocycles. The molecule has 0 radical (unpaired) electrons. The molecule has 104 valence electrons. The van der Waals surface area contributed by atoms with Crippen LogP contribution in [0.1, 0.15) is 40.0 Å². The molecule has 1 N–H and O–H groups in total. The third-order valence-corrected chi connectivity index (χ3v) is 3.51. The number of alkyl halides is 1. The minimum Gasteiger partial charge on any atom is -0.588 e. The van der Waals surface area contributed by atoms with Crippen LogP contribution in [0.25, 0.3) is 0 Å². The van der Waals surface area contributed by atoms with Crippen LogP contribution in [0.2, 0.25) is 0 Å². The second-order valence-corrected chi connectivity index (χ2v) is 5.71. The average Bonchev–Trinajstić information content (AvgIpc) is 2.32. The summed E-state index contributed by atoms with van der Waals surface area (Å²) in [4.78, 5) is 4.80. The van der Waals surface area contributed by atoms with E-state index in [0.29, 0.717) is 12.5 Å². The van der Waals surface area contributed by atoms with Gasteiger partial charge in [-0.2, -0.15) is 9.65 Å². The molecule has 0 fully saturated rings. The largest absolute Gasteiger partial charge is 0.588 e. The number of halogens is 1.